The second-order valence-corrected chi connectivity index (χ2v) is 6.31. The van der Waals surface area contributed by atoms with Crippen LogP contribution in [0, 0.1) is 0 Å². The van der Waals surface area contributed by atoms with Crippen molar-refractivity contribution < 1.29 is 4.79 Å². The van der Waals surface area contributed by atoms with Gasteiger partial charge in [0, 0.05) is 28.8 Å². The molecule has 0 fully saturated rings. The van der Waals surface area contributed by atoms with E-state index in [1.54, 1.807) is 12.4 Å². The maximum Gasteiger partial charge on any atom is 0.253 e. The smallest absolute Gasteiger partial charge is 0.253 e. The minimum atomic E-state index is -0.0662. The summed E-state index contributed by atoms with van der Waals surface area (Å²) in [6.45, 7) is 0.647. The molecule has 1 N–H and O–H groups in total. The molecule has 0 saturated heterocycles. The Hall–Kier alpha value is -2.20. The van der Waals surface area contributed by atoms with Crippen molar-refractivity contribution in [3.63, 3.8) is 0 Å². The fraction of sp³-hybridized carbons (Fsp3) is 0.158. The molecule has 3 rings (SSSR count). The number of hydrogen-bond acceptors (Lipinski definition) is 2. The molecular weight excluding hydrogens is 352 g/mol. The lowest BCUT2D eigenvalue weighted by atomic mass is 10.1. The monoisotopic (exact) mass is 368 g/mol. The molecule has 1 amide bonds. The van der Waals surface area contributed by atoms with Crippen molar-refractivity contribution in [2.75, 3.05) is 6.54 Å². The molecule has 0 bridgehead atoms. The van der Waals surface area contributed by atoms with Crippen molar-refractivity contribution in [3.05, 3.63) is 76.5 Å². The van der Waals surface area contributed by atoms with Crippen molar-refractivity contribution in [1.29, 1.82) is 0 Å². The van der Waals surface area contributed by atoms with E-state index in [4.69, 9.17) is 0 Å². The van der Waals surface area contributed by atoms with Crippen LogP contribution in [0.5, 0.6) is 0 Å². The van der Waals surface area contributed by atoms with E-state index in [9.17, 15) is 4.79 Å². The van der Waals surface area contributed by atoms with Crippen LogP contribution in [0.15, 0.2) is 65.4 Å². The maximum absolute atomic E-state index is 12.4. The molecule has 1 heterocycles. The van der Waals surface area contributed by atoms with E-state index in [2.05, 4.69) is 38.4 Å². The van der Waals surface area contributed by atoms with Gasteiger partial charge in [0.2, 0.25) is 0 Å². The zero-order valence-corrected chi connectivity index (χ0v) is 14.2. The third kappa shape index (κ3) is 3.96. The zero-order valence-electron chi connectivity index (χ0n) is 12.6. The van der Waals surface area contributed by atoms with E-state index in [0.29, 0.717) is 12.1 Å². The topological polar surface area (TPSA) is 42.0 Å². The Morgan fingerprint density at radius 2 is 1.96 bits per heavy atom. The number of nitrogens with zero attached hydrogens (tertiary/aromatic N) is 1. The van der Waals surface area contributed by atoms with Gasteiger partial charge >= 0.3 is 0 Å². The fourth-order valence-corrected chi connectivity index (χ4v) is 3.03. The van der Waals surface area contributed by atoms with Crippen LogP contribution >= 0.6 is 15.9 Å². The summed E-state index contributed by atoms with van der Waals surface area (Å²) in [5.41, 5.74) is 1.89. The molecule has 0 atom stereocenters. The lowest BCUT2D eigenvalue weighted by Gasteiger charge is -2.08. The quantitative estimate of drug-likeness (QED) is 0.679. The average molecular weight is 369 g/mol. The number of hydrogen-bond donors (Lipinski definition) is 1. The lowest BCUT2D eigenvalue weighted by molar-refractivity contribution is 0.0954. The number of halogens is 1. The van der Waals surface area contributed by atoms with Gasteiger partial charge in [-0.05, 0) is 35.9 Å². The Kier molecular flexibility index (Phi) is 5.03. The lowest BCUT2D eigenvalue weighted by Crippen LogP contribution is -2.25. The van der Waals surface area contributed by atoms with Crippen LogP contribution in [0.3, 0.4) is 0 Å². The first-order chi connectivity index (χ1) is 11.2. The highest BCUT2D eigenvalue weighted by atomic mass is 79.9. The molecule has 0 aliphatic rings. The van der Waals surface area contributed by atoms with E-state index in [1.165, 1.54) is 5.56 Å². The van der Waals surface area contributed by atoms with E-state index >= 15 is 0 Å². The van der Waals surface area contributed by atoms with Crippen LogP contribution in [0.2, 0.25) is 0 Å². The highest BCUT2D eigenvalue weighted by Gasteiger charge is 2.09. The van der Waals surface area contributed by atoms with E-state index in [0.717, 1.165) is 28.1 Å². The predicted octanol–water partition coefficient (Wildman–Crippen LogP) is 4.36. The summed E-state index contributed by atoms with van der Waals surface area (Å²) in [5.74, 6) is -0.0662. The van der Waals surface area contributed by atoms with Crippen molar-refractivity contribution in [1.82, 2.24) is 10.3 Å². The molecule has 0 unspecified atom stereocenters. The summed E-state index contributed by atoms with van der Waals surface area (Å²) >= 11 is 3.47. The number of carbonyl (C=O) groups excluding carboxylic acids is 1. The minimum Gasteiger partial charge on any atom is -0.352 e. The Morgan fingerprint density at radius 1 is 1.09 bits per heavy atom. The summed E-state index contributed by atoms with van der Waals surface area (Å²) in [6.07, 6.45) is 5.25. The van der Waals surface area contributed by atoms with Crippen molar-refractivity contribution in [2.45, 2.75) is 12.8 Å². The summed E-state index contributed by atoms with van der Waals surface area (Å²) in [7, 11) is 0. The highest BCUT2D eigenvalue weighted by Crippen LogP contribution is 2.17. The molecular formula is C19H17BrN2O. The molecule has 2 aromatic carbocycles. The number of pyridine rings is 1. The van der Waals surface area contributed by atoms with Crippen LogP contribution in [0.1, 0.15) is 22.3 Å². The molecule has 0 saturated carbocycles. The fourth-order valence-electron chi connectivity index (χ4n) is 2.58. The second-order valence-electron chi connectivity index (χ2n) is 5.40. The number of aromatic nitrogens is 1. The largest absolute Gasteiger partial charge is 0.352 e. The van der Waals surface area contributed by atoms with Crippen LogP contribution in [0.25, 0.3) is 10.8 Å². The Bertz CT molecular complexity index is 827. The Labute approximate surface area is 143 Å². The summed E-state index contributed by atoms with van der Waals surface area (Å²) in [5, 5.41) is 4.90. The maximum atomic E-state index is 12.4. The standard InChI is InChI=1S/C19H17BrN2O/c20-16-8-3-5-14(11-16)6-4-10-22-19(23)18-13-21-12-15-7-1-2-9-17(15)18/h1-3,5,7-9,11-13H,4,6,10H2,(H,22,23). The summed E-state index contributed by atoms with van der Waals surface area (Å²) in [4.78, 5) is 16.5. The molecule has 116 valence electrons. The first kappa shape index (κ1) is 15.7. The first-order valence-electron chi connectivity index (χ1n) is 7.59. The van der Waals surface area contributed by atoms with Crippen molar-refractivity contribution in [3.8, 4) is 0 Å². The van der Waals surface area contributed by atoms with Gasteiger partial charge in [-0.25, -0.2) is 0 Å². The van der Waals surface area contributed by atoms with E-state index in [1.807, 2.05) is 36.4 Å². The van der Waals surface area contributed by atoms with Crippen LogP contribution < -0.4 is 5.32 Å². The molecule has 0 spiro atoms. The van der Waals surface area contributed by atoms with Crippen LogP contribution in [0.4, 0.5) is 0 Å². The van der Waals surface area contributed by atoms with Gasteiger partial charge in [0.25, 0.3) is 5.91 Å². The minimum absolute atomic E-state index is 0.0662. The number of benzene rings is 2. The van der Waals surface area contributed by atoms with E-state index < -0.39 is 0 Å². The molecule has 0 aliphatic heterocycles. The van der Waals surface area contributed by atoms with E-state index in [-0.39, 0.29) is 5.91 Å². The Morgan fingerprint density at radius 3 is 2.83 bits per heavy atom. The number of fused-ring (bicyclic) bond motifs is 1. The zero-order chi connectivity index (χ0) is 16.1. The normalized spacial score (nSPS) is 10.7. The summed E-state index contributed by atoms with van der Waals surface area (Å²) < 4.78 is 1.08. The number of aryl methyl sites for hydroxylation is 1. The SMILES string of the molecule is O=C(NCCCc1cccc(Br)c1)c1cncc2ccccc12. The predicted molar refractivity (Wildman–Crippen MR) is 96.5 cm³/mol. The van der Waals surface area contributed by atoms with Crippen LogP contribution in [-0.2, 0) is 6.42 Å². The molecule has 0 radical (unpaired) electrons. The van der Waals surface area contributed by atoms with Crippen molar-refractivity contribution >= 4 is 32.6 Å². The van der Waals surface area contributed by atoms with Crippen LogP contribution in [-0.4, -0.2) is 17.4 Å². The number of rotatable bonds is 5. The third-order valence-corrected chi connectivity index (χ3v) is 4.22. The average Bonchev–Trinajstić information content (AvgIpc) is 2.58. The van der Waals surface area contributed by atoms with Gasteiger partial charge in [0.15, 0.2) is 0 Å². The first-order valence-corrected chi connectivity index (χ1v) is 8.39. The second kappa shape index (κ2) is 7.38. The molecule has 3 nitrogen and oxygen atoms in total. The molecule has 23 heavy (non-hydrogen) atoms. The van der Waals surface area contributed by atoms with Gasteiger partial charge in [-0.1, -0.05) is 52.3 Å². The molecule has 1 aromatic heterocycles. The number of amides is 1. The molecule has 4 heteroatoms. The van der Waals surface area contributed by atoms with Gasteiger partial charge in [0.05, 0.1) is 5.56 Å². The van der Waals surface area contributed by atoms with Gasteiger partial charge in [-0.15, -0.1) is 0 Å². The molecule has 0 aliphatic carbocycles. The van der Waals surface area contributed by atoms with Gasteiger partial charge in [0.1, 0.15) is 0 Å². The highest BCUT2D eigenvalue weighted by molar-refractivity contribution is 9.10. The van der Waals surface area contributed by atoms with Crippen molar-refractivity contribution in [2.24, 2.45) is 0 Å². The number of nitrogens with one attached hydrogen (secondary N) is 1. The van der Waals surface area contributed by atoms with Gasteiger partial charge in [-0.3, -0.25) is 9.78 Å². The number of carbonyl (C=O) groups is 1. The molecule has 3 aromatic rings. The third-order valence-electron chi connectivity index (χ3n) is 3.73. The Balaban J connectivity index is 1.59. The van der Waals surface area contributed by atoms with Gasteiger partial charge < -0.3 is 5.32 Å². The van der Waals surface area contributed by atoms with Gasteiger partial charge in [-0.2, -0.15) is 0 Å². The summed E-state index contributed by atoms with van der Waals surface area (Å²) in [6, 6.07) is 16.0.